The number of nitrogens with zero attached hydrogens (tertiary/aromatic N) is 2. The van der Waals surface area contributed by atoms with Gasteiger partial charge >= 0.3 is 0 Å². The van der Waals surface area contributed by atoms with Crippen molar-refractivity contribution in [2.75, 3.05) is 38.1 Å². The van der Waals surface area contributed by atoms with E-state index in [0.29, 0.717) is 5.92 Å². The maximum atomic E-state index is 2.48. The van der Waals surface area contributed by atoms with Crippen LogP contribution in [0.4, 0.5) is 5.69 Å². The highest BCUT2D eigenvalue weighted by Gasteiger charge is 2.14. The van der Waals surface area contributed by atoms with Crippen molar-refractivity contribution in [2.45, 2.75) is 12.8 Å². The summed E-state index contributed by atoms with van der Waals surface area (Å²) in [6.45, 7) is 6.85. The fourth-order valence-corrected chi connectivity index (χ4v) is 2.97. The van der Waals surface area contributed by atoms with Gasteiger partial charge in [-0.1, -0.05) is 49.4 Å². The van der Waals surface area contributed by atoms with Crippen LogP contribution in [-0.4, -0.2) is 38.1 Å². The van der Waals surface area contributed by atoms with Crippen LogP contribution in [0, 0.1) is 0 Å². The summed E-state index contributed by atoms with van der Waals surface area (Å²) in [7, 11) is 2.20. The molecule has 0 radical (unpaired) electrons. The molecular weight excluding hydrogens is 256 g/mol. The maximum absolute atomic E-state index is 2.48. The second-order valence-corrected chi connectivity index (χ2v) is 6.01. The van der Waals surface area contributed by atoms with Gasteiger partial charge in [-0.3, -0.25) is 0 Å². The first-order valence-electron chi connectivity index (χ1n) is 7.82. The van der Waals surface area contributed by atoms with Crippen molar-refractivity contribution in [3.63, 3.8) is 0 Å². The number of anilines is 1. The van der Waals surface area contributed by atoms with Crippen LogP contribution in [0.2, 0.25) is 0 Å². The first-order chi connectivity index (χ1) is 10.2. The molecule has 21 heavy (non-hydrogen) atoms. The van der Waals surface area contributed by atoms with Crippen LogP contribution in [0.3, 0.4) is 0 Å². The van der Waals surface area contributed by atoms with Crippen LogP contribution in [0.25, 0.3) is 0 Å². The van der Waals surface area contributed by atoms with Gasteiger partial charge in [0.1, 0.15) is 0 Å². The second kappa shape index (κ2) is 6.31. The molecule has 2 aromatic rings. The summed E-state index contributed by atoms with van der Waals surface area (Å²) < 4.78 is 0. The monoisotopic (exact) mass is 280 g/mol. The molecule has 2 aromatic carbocycles. The molecule has 0 bridgehead atoms. The predicted molar refractivity (Wildman–Crippen MR) is 90.1 cm³/mol. The van der Waals surface area contributed by atoms with Gasteiger partial charge in [-0.05, 0) is 30.3 Å². The minimum Gasteiger partial charge on any atom is -0.369 e. The minimum absolute atomic E-state index is 0.452. The third-order valence-corrected chi connectivity index (χ3v) is 4.56. The van der Waals surface area contributed by atoms with Crippen LogP contribution in [0.5, 0.6) is 0 Å². The average Bonchev–Trinajstić information content (AvgIpc) is 2.56. The van der Waals surface area contributed by atoms with E-state index in [1.165, 1.54) is 16.8 Å². The number of likely N-dealkylation sites (N-methyl/N-ethyl adjacent to an activating group) is 1. The van der Waals surface area contributed by atoms with Crippen molar-refractivity contribution in [1.29, 1.82) is 0 Å². The molecule has 1 aliphatic rings. The summed E-state index contributed by atoms with van der Waals surface area (Å²) in [4.78, 5) is 4.87. The average molecular weight is 280 g/mol. The predicted octanol–water partition coefficient (Wildman–Crippen LogP) is 3.59. The van der Waals surface area contributed by atoms with Crippen molar-refractivity contribution >= 4 is 5.69 Å². The van der Waals surface area contributed by atoms with Crippen molar-refractivity contribution < 1.29 is 0 Å². The Hall–Kier alpha value is -1.80. The molecule has 0 saturated carbocycles. The third-order valence-electron chi connectivity index (χ3n) is 4.56. The summed E-state index contributed by atoms with van der Waals surface area (Å²) in [6, 6.07) is 19.8. The molecule has 0 amide bonds. The molecule has 2 nitrogen and oxygen atoms in total. The molecule has 110 valence electrons. The number of piperazine rings is 1. The Morgan fingerprint density at radius 2 is 1.33 bits per heavy atom. The summed E-state index contributed by atoms with van der Waals surface area (Å²) in [6.07, 6.45) is 0. The van der Waals surface area contributed by atoms with Crippen LogP contribution in [0.15, 0.2) is 54.6 Å². The number of hydrogen-bond acceptors (Lipinski definition) is 2. The van der Waals surface area contributed by atoms with E-state index in [4.69, 9.17) is 0 Å². The molecule has 3 rings (SSSR count). The molecule has 1 aliphatic heterocycles. The standard InChI is InChI=1S/C19H24N2/c1-16(17-6-4-3-5-7-17)18-8-10-19(11-9-18)21-14-12-20(2)13-15-21/h3-11,16H,12-15H2,1-2H3. The fourth-order valence-electron chi connectivity index (χ4n) is 2.97. The molecule has 0 N–H and O–H groups in total. The quantitative estimate of drug-likeness (QED) is 0.848. The normalized spacial score (nSPS) is 17.7. The zero-order chi connectivity index (χ0) is 14.7. The van der Waals surface area contributed by atoms with E-state index in [1.807, 2.05) is 0 Å². The molecule has 1 fully saturated rings. The van der Waals surface area contributed by atoms with E-state index in [-0.39, 0.29) is 0 Å². The lowest BCUT2D eigenvalue weighted by Gasteiger charge is -2.34. The molecular formula is C19H24N2. The summed E-state index contributed by atoms with van der Waals surface area (Å²) in [5, 5.41) is 0. The lowest BCUT2D eigenvalue weighted by atomic mass is 9.93. The van der Waals surface area contributed by atoms with Gasteiger partial charge in [0, 0.05) is 37.8 Å². The van der Waals surface area contributed by atoms with Crippen molar-refractivity contribution in [2.24, 2.45) is 0 Å². The van der Waals surface area contributed by atoms with Gasteiger partial charge in [0.25, 0.3) is 0 Å². The van der Waals surface area contributed by atoms with Crippen molar-refractivity contribution in [3.05, 3.63) is 65.7 Å². The molecule has 0 aliphatic carbocycles. The molecule has 1 heterocycles. The largest absolute Gasteiger partial charge is 0.369 e. The van der Waals surface area contributed by atoms with Crippen LogP contribution < -0.4 is 4.90 Å². The Morgan fingerprint density at radius 3 is 1.95 bits per heavy atom. The summed E-state index contributed by atoms with van der Waals surface area (Å²) in [5.41, 5.74) is 4.12. The molecule has 1 saturated heterocycles. The Bertz CT molecular complexity index is 554. The van der Waals surface area contributed by atoms with Crippen molar-refractivity contribution in [1.82, 2.24) is 4.90 Å². The Labute approximate surface area is 128 Å². The first kappa shape index (κ1) is 14.2. The number of rotatable bonds is 3. The van der Waals surface area contributed by atoms with Gasteiger partial charge in [0.2, 0.25) is 0 Å². The maximum Gasteiger partial charge on any atom is 0.0367 e. The highest BCUT2D eigenvalue weighted by Crippen LogP contribution is 2.26. The van der Waals surface area contributed by atoms with Gasteiger partial charge in [0.05, 0.1) is 0 Å². The SMILES string of the molecule is CC(c1ccccc1)c1ccc(N2CCN(C)CC2)cc1. The van der Waals surface area contributed by atoms with Crippen LogP contribution in [-0.2, 0) is 0 Å². The molecule has 2 heteroatoms. The highest BCUT2D eigenvalue weighted by molar-refractivity contribution is 5.49. The van der Waals surface area contributed by atoms with E-state index in [1.54, 1.807) is 0 Å². The summed E-state index contributed by atoms with van der Waals surface area (Å²) in [5.74, 6) is 0.452. The van der Waals surface area contributed by atoms with Crippen LogP contribution >= 0.6 is 0 Å². The van der Waals surface area contributed by atoms with Gasteiger partial charge in [-0.25, -0.2) is 0 Å². The Morgan fingerprint density at radius 1 is 0.762 bits per heavy atom. The van der Waals surface area contributed by atoms with E-state index in [0.717, 1.165) is 26.2 Å². The van der Waals surface area contributed by atoms with E-state index >= 15 is 0 Å². The molecule has 1 unspecified atom stereocenters. The smallest absolute Gasteiger partial charge is 0.0367 e. The van der Waals surface area contributed by atoms with Gasteiger partial charge < -0.3 is 9.80 Å². The summed E-state index contributed by atoms with van der Waals surface area (Å²) >= 11 is 0. The van der Waals surface area contributed by atoms with Crippen LogP contribution in [0.1, 0.15) is 24.0 Å². The van der Waals surface area contributed by atoms with E-state index < -0.39 is 0 Å². The molecule has 1 atom stereocenters. The van der Waals surface area contributed by atoms with E-state index in [2.05, 4.69) is 78.4 Å². The number of hydrogen-bond donors (Lipinski definition) is 0. The Kier molecular flexibility index (Phi) is 4.26. The number of benzene rings is 2. The fraction of sp³-hybridized carbons (Fsp3) is 0.368. The van der Waals surface area contributed by atoms with Crippen molar-refractivity contribution in [3.8, 4) is 0 Å². The third kappa shape index (κ3) is 3.27. The highest BCUT2D eigenvalue weighted by atomic mass is 15.2. The first-order valence-corrected chi connectivity index (χ1v) is 7.82. The zero-order valence-electron chi connectivity index (χ0n) is 13.0. The molecule has 0 spiro atoms. The second-order valence-electron chi connectivity index (χ2n) is 6.01. The minimum atomic E-state index is 0.452. The Balaban J connectivity index is 1.72. The lowest BCUT2D eigenvalue weighted by molar-refractivity contribution is 0.313. The zero-order valence-corrected chi connectivity index (χ0v) is 13.0. The topological polar surface area (TPSA) is 6.48 Å². The van der Waals surface area contributed by atoms with Gasteiger partial charge in [-0.2, -0.15) is 0 Å². The lowest BCUT2D eigenvalue weighted by Crippen LogP contribution is -2.44. The van der Waals surface area contributed by atoms with E-state index in [9.17, 15) is 0 Å². The molecule has 0 aromatic heterocycles. The van der Waals surface area contributed by atoms with Gasteiger partial charge in [-0.15, -0.1) is 0 Å². The van der Waals surface area contributed by atoms with Gasteiger partial charge in [0.15, 0.2) is 0 Å².